The lowest BCUT2D eigenvalue weighted by Gasteiger charge is -2.08. The molecule has 2 rings (SSSR count). The first-order valence-electron chi connectivity index (χ1n) is 6.59. The Balaban J connectivity index is 1.71. The maximum absolute atomic E-state index is 4.99. The summed E-state index contributed by atoms with van der Waals surface area (Å²) in [4.78, 5) is 0. The molecule has 1 N–H and O–H groups in total. The number of methoxy groups -OCH3 is 1. The van der Waals surface area contributed by atoms with Crippen molar-refractivity contribution >= 4 is 0 Å². The average Bonchev–Trinajstić information content (AvgIpc) is 2.97. The van der Waals surface area contributed by atoms with Crippen LogP contribution in [0, 0.1) is 5.92 Å². The van der Waals surface area contributed by atoms with E-state index in [4.69, 9.17) is 4.74 Å². The zero-order chi connectivity index (χ0) is 11.9. The van der Waals surface area contributed by atoms with Gasteiger partial charge in [-0.25, -0.2) is 0 Å². The van der Waals surface area contributed by atoms with Crippen LogP contribution < -0.4 is 5.32 Å². The molecule has 1 heterocycles. The van der Waals surface area contributed by atoms with Gasteiger partial charge >= 0.3 is 0 Å². The van der Waals surface area contributed by atoms with Gasteiger partial charge in [-0.3, -0.25) is 4.68 Å². The highest BCUT2D eigenvalue weighted by Crippen LogP contribution is 2.25. The predicted octanol–water partition coefficient (Wildman–Crippen LogP) is 1.81. The van der Waals surface area contributed by atoms with Gasteiger partial charge in [0, 0.05) is 38.5 Å². The van der Waals surface area contributed by atoms with Crippen molar-refractivity contribution < 1.29 is 4.74 Å². The van der Waals surface area contributed by atoms with Crippen molar-refractivity contribution in [3.05, 3.63) is 18.0 Å². The minimum Gasteiger partial charge on any atom is -0.383 e. The molecule has 0 saturated heterocycles. The fourth-order valence-corrected chi connectivity index (χ4v) is 2.46. The van der Waals surface area contributed by atoms with Crippen molar-refractivity contribution in [3.63, 3.8) is 0 Å². The van der Waals surface area contributed by atoms with Crippen molar-refractivity contribution in [1.82, 2.24) is 15.1 Å². The van der Waals surface area contributed by atoms with Crippen molar-refractivity contribution in [2.45, 2.75) is 38.8 Å². The first-order chi connectivity index (χ1) is 8.38. The summed E-state index contributed by atoms with van der Waals surface area (Å²) in [6, 6.07) is 0. The first-order valence-corrected chi connectivity index (χ1v) is 6.59. The summed E-state index contributed by atoms with van der Waals surface area (Å²) in [5, 5.41) is 7.76. The molecule has 17 heavy (non-hydrogen) atoms. The molecule has 1 aromatic rings. The van der Waals surface area contributed by atoms with E-state index in [0.717, 1.165) is 32.2 Å². The van der Waals surface area contributed by atoms with E-state index in [-0.39, 0.29) is 0 Å². The maximum atomic E-state index is 4.99. The Morgan fingerprint density at radius 1 is 1.47 bits per heavy atom. The standard InChI is InChI=1S/C13H23N3O/c1-17-7-6-14-8-13-9-15-16(11-13)10-12-4-2-3-5-12/h9,11-12,14H,2-8,10H2,1H3. The van der Waals surface area contributed by atoms with Crippen LogP contribution in [0.3, 0.4) is 0 Å². The molecule has 0 aromatic carbocycles. The zero-order valence-electron chi connectivity index (χ0n) is 10.7. The quantitative estimate of drug-likeness (QED) is 0.735. The van der Waals surface area contributed by atoms with Crippen molar-refractivity contribution in [2.75, 3.05) is 20.3 Å². The van der Waals surface area contributed by atoms with E-state index in [1.807, 2.05) is 6.20 Å². The zero-order valence-corrected chi connectivity index (χ0v) is 10.7. The third-order valence-electron chi connectivity index (χ3n) is 3.42. The van der Waals surface area contributed by atoms with Gasteiger partial charge in [0.15, 0.2) is 0 Å². The van der Waals surface area contributed by atoms with E-state index in [9.17, 15) is 0 Å². The third-order valence-corrected chi connectivity index (χ3v) is 3.42. The fourth-order valence-electron chi connectivity index (χ4n) is 2.46. The van der Waals surface area contributed by atoms with Crippen LogP contribution in [0.15, 0.2) is 12.4 Å². The van der Waals surface area contributed by atoms with Gasteiger partial charge in [-0.15, -0.1) is 0 Å². The van der Waals surface area contributed by atoms with Crippen LogP contribution in [-0.4, -0.2) is 30.0 Å². The van der Waals surface area contributed by atoms with Crippen LogP contribution >= 0.6 is 0 Å². The molecule has 0 amide bonds. The summed E-state index contributed by atoms with van der Waals surface area (Å²) in [6.45, 7) is 3.63. The van der Waals surface area contributed by atoms with E-state index < -0.39 is 0 Å². The minimum atomic E-state index is 0.760. The number of aromatic nitrogens is 2. The van der Waals surface area contributed by atoms with E-state index >= 15 is 0 Å². The highest BCUT2D eigenvalue weighted by molar-refractivity contribution is 5.03. The number of nitrogens with zero attached hydrogens (tertiary/aromatic N) is 2. The lowest BCUT2D eigenvalue weighted by atomic mass is 10.1. The second-order valence-corrected chi connectivity index (χ2v) is 4.89. The van der Waals surface area contributed by atoms with Crippen LogP contribution in [-0.2, 0) is 17.8 Å². The molecule has 1 aliphatic carbocycles. The van der Waals surface area contributed by atoms with Crippen LogP contribution in [0.5, 0.6) is 0 Å². The molecular weight excluding hydrogens is 214 g/mol. The molecular formula is C13H23N3O. The molecule has 96 valence electrons. The summed E-state index contributed by atoms with van der Waals surface area (Å²) in [7, 11) is 1.72. The highest BCUT2D eigenvalue weighted by atomic mass is 16.5. The van der Waals surface area contributed by atoms with Crippen LogP contribution in [0.4, 0.5) is 0 Å². The molecule has 0 unspecified atom stereocenters. The molecule has 0 spiro atoms. The minimum absolute atomic E-state index is 0.760. The largest absolute Gasteiger partial charge is 0.383 e. The molecule has 0 aliphatic heterocycles. The second kappa shape index (κ2) is 6.77. The molecule has 1 aliphatic rings. The molecule has 0 bridgehead atoms. The summed E-state index contributed by atoms with van der Waals surface area (Å²) in [6.07, 6.45) is 9.68. The van der Waals surface area contributed by atoms with Gasteiger partial charge in [0.25, 0.3) is 0 Å². The van der Waals surface area contributed by atoms with Crippen molar-refractivity contribution in [3.8, 4) is 0 Å². The average molecular weight is 237 g/mol. The Morgan fingerprint density at radius 3 is 3.06 bits per heavy atom. The Kier molecular flexibility index (Phi) is 5.01. The number of nitrogens with one attached hydrogen (secondary N) is 1. The van der Waals surface area contributed by atoms with Crippen molar-refractivity contribution in [1.29, 1.82) is 0 Å². The molecule has 4 nitrogen and oxygen atoms in total. The van der Waals surface area contributed by atoms with Gasteiger partial charge in [0.1, 0.15) is 0 Å². The Morgan fingerprint density at radius 2 is 2.29 bits per heavy atom. The number of hydrogen-bond acceptors (Lipinski definition) is 3. The number of ether oxygens (including phenoxy) is 1. The molecule has 0 radical (unpaired) electrons. The van der Waals surface area contributed by atoms with Gasteiger partial charge < -0.3 is 10.1 Å². The smallest absolute Gasteiger partial charge is 0.0587 e. The SMILES string of the molecule is COCCNCc1cnn(CC2CCCC2)c1. The molecule has 1 fully saturated rings. The first kappa shape index (κ1) is 12.6. The lowest BCUT2D eigenvalue weighted by molar-refractivity contribution is 0.199. The van der Waals surface area contributed by atoms with E-state index in [1.165, 1.54) is 31.2 Å². The molecule has 0 atom stereocenters. The highest BCUT2D eigenvalue weighted by Gasteiger charge is 2.15. The van der Waals surface area contributed by atoms with Gasteiger partial charge in [0.05, 0.1) is 12.8 Å². The van der Waals surface area contributed by atoms with Gasteiger partial charge in [-0.05, 0) is 18.8 Å². The van der Waals surface area contributed by atoms with Crippen LogP contribution in [0.25, 0.3) is 0 Å². The Labute approximate surface area is 103 Å². The van der Waals surface area contributed by atoms with Gasteiger partial charge in [-0.2, -0.15) is 5.10 Å². The topological polar surface area (TPSA) is 39.1 Å². The molecule has 4 heteroatoms. The monoisotopic (exact) mass is 237 g/mol. The van der Waals surface area contributed by atoms with Crippen LogP contribution in [0.2, 0.25) is 0 Å². The van der Waals surface area contributed by atoms with E-state index in [2.05, 4.69) is 21.3 Å². The Bertz CT molecular complexity index is 318. The number of hydrogen-bond donors (Lipinski definition) is 1. The summed E-state index contributed by atoms with van der Waals surface area (Å²) < 4.78 is 7.09. The normalized spacial score (nSPS) is 16.8. The van der Waals surface area contributed by atoms with Gasteiger partial charge in [-0.1, -0.05) is 12.8 Å². The second-order valence-electron chi connectivity index (χ2n) is 4.89. The van der Waals surface area contributed by atoms with E-state index in [1.54, 1.807) is 7.11 Å². The van der Waals surface area contributed by atoms with E-state index in [0.29, 0.717) is 0 Å². The summed E-state index contributed by atoms with van der Waals surface area (Å²) in [5.74, 6) is 0.851. The predicted molar refractivity (Wildman–Crippen MR) is 67.8 cm³/mol. The Hall–Kier alpha value is -0.870. The fraction of sp³-hybridized carbons (Fsp3) is 0.769. The van der Waals surface area contributed by atoms with Crippen molar-refractivity contribution in [2.24, 2.45) is 5.92 Å². The van der Waals surface area contributed by atoms with Gasteiger partial charge in [0.2, 0.25) is 0 Å². The third kappa shape index (κ3) is 4.13. The molecule has 1 aromatic heterocycles. The summed E-state index contributed by atoms with van der Waals surface area (Å²) >= 11 is 0. The molecule has 1 saturated carbocycles. The summed E-state index contributed by atoms with van der Waals surface area (Å²) in [5.41, 5.74) is 1.26. The van der Waals surface area contributed by atoms with Crippen LogP contribution in [0.1, 0.15) is 31.2 Å². The number of rotatable bonds is 7. The lowest BCUT2D eigenvalue weighted by Crippen LogP contribution is -2.18. The maximum Gasteiger partial charge on any atom is 0.0587 e.